The first-order valence-electron chi connectivity index (χ1n) is 7.62. The Morgan fingerprint density at radius 3 is 2.86 bits per heavy atom. The zero-order valence-corrected chi connectivity index (χ0v) is 12.7. The highest BCUT2D eigenvalue weighted by Gasteiger charge is 2.41. The minimum atomic E-state index is -0.600. The molecule has 0 aromatic carbocycles. The van der Waals surface area contributed by atoms with Crippen LogP contribution in [0.4, 0.5) is 0 Å². The summed E-state index contributed by atoms with van der Waals surface area (Å²) in [5.74, 6) is 0.0164. The fourth-order valence-corrected chi connectivity index (χ4v) is 2.95. The second-order valence-corrected chi connectivity index (χ2v) is 5.68. The summed E-state index contributed by atoms with van der Waals surface area (Å²) < 4.78 is 1.80. The number of carbonyl (C=O) groups excluding carboxylic acids is 1. The molecule has 3 rings (SSSR count). The second-order valence-electron chi connectivity index (χ2n) is 5.68. The summed E-state index contributed by atoms with van der Waals surface area (Å²) in [6.45, 7) is 4.08. The molecule has 0 spiro atoms. The largest absolute Gasteiger partial charge is 0.348 e. The van der Waals surface area contributed by atoms with E-state index in [0.717, 1.165) is 37.2 Å². The van der Waals surface area contributed by atoms with Gasteiger partial charge in [-0.2, -0.15) is 5.10 Å². The van der Waals surface area contributed by atoms with E-state index in [9.17, 15) is 4.79 Å². The highest BCUT2D eigenvalue weighted by atomic mass is 16.2. The Morgan fingerprint density at radius 2 is 2.18 bits per heavy atom. The Hall–Kier alpha value is -2.21. The molecule has 0 bridgehead atoms. The molecule has 0 saturated carbocycles. The molecule has 1 aliphatic heterocycles. The van der Waals surface area contributed by atoms with Crippen molar-refractivity contribution < 1.29 is 4.79 Å². The van der Waals surface area contributed by atoms with E-state index in [1.807, 2.05) is 31.3 Å². The van der Waals surface area contributed by atoms with Gasteiger partial charge in [-0.05, 0) is 50.6 Å². The number of hydrogen-bond donors (Lipinski definition) is 2. The van der Waals surface area contributed by atoms with Gasteiger partial charge < -0.3 is 10.6 Å². The van der Waals surface area contributed by atoms with Gasteiger partial charge in [0.25, 0.3) is 0 Å². The Bertz CT molecular complexity index is 632. The molecule has 1 saturated heterocycles. The number of piperidine rings is 1. The fourth-order valence-electron chi connectivity index (χ4n) is 2.95. The zero-order valence-electron chi connectivity index (χ0n) is 12.7. The molecule has 116 valence electrons. The van der Waals surface area contributed by atoms with Gasteiger partial charge in [-0.25, -0.2) is 0 Å². The van der Waals surface area contributed by atoms with Crippen LogP contribution in [-0.2, 0) is 16.9 Å². The van der Waals surface area contributed by atoms with Crippen molar-refractivity contribution in [3.63, 3.8) is 0 Å². The molecule has 0 unspecified atom stereocenters. The van der Waals surface area contributed by atoms with Crippen LogP contribution >= 0.6 is 0 Å². The van der Waals surface area contributed by atoms with Crippen molar-refractivity contribution in [3.05, 3.63) is 48.0 Å². The van der Waals surface area contributed by atoms with Crippen LogP contribution in [0.2, 0.25) is 0 Å². The van der Waals surface area contributed by atoms with Crippen molar-refractivity contribution in [3.8, 4) is 0 Å². The molecule has 3 heterocycles. The quantitative estimate of drug-likeness (QED) is 0.883. The van der Waals surface area contributed by atoms with E-state index in [0.29, 0.717) is 6.54 Å². The van der Waals surface area contributed by atoms with Crippen LogP contribution in [0.15, 0.2) is 36.8 Å². The number of amides is 1. The molecule has 1 fully saturated rings. The third-order valence-corrected chi connectivity index (χ3v) is 4.33. The lowest BCUT2D eigenvalue weighted by molar-refractivity contribution is -0.132. The fraction of sp³-hybridized carbons (Fsp3) is 0.438. The van der Waals surface area contributed by atoms with Crippen LogP contribution in [0.3, 0.4) is 0 Å². The maximum absolute atomic E-state index is 12.9. The van der Waals surface area contributed by atoms with E-state index in [4.69, 9.17) is 0 Å². The van der Waals surface area contributed by atoms with Gasteiger partial charge in [0.15, 0.2) is 0 Å². The predicted molar refractivity (Wildman–Crippen MR) is 83.1 cm³/mol. The van der Waals surface area contributed by atoms with Crippen molar-refractivity contribution in [1.29, 1.82) is 0 Å². The highest BCUT2D eigenvalue weighted by molar-refractivity contribution is 5.84. The molecule has 2 aromatic rings. The molecular weight excluding hydrogens is 278 g/mol. The summed E-state index contributed by atoms with van der Waals surface area (Å²) in [4.78, 5) is 17.2. The molecular formula is C16H21N5O. The Balaban J connectivity index is 1.77. The smallest absolute Gasteiger partial charge is 0.248 e. The minimum absolute atomic E-state index is 0.0164. The lowest BCUT2D eigenvalue weighted by Gasteiger charge is -2.36. The summed E-state index contributed by atoms with van der Waals surface area (Å²) in [6, 6.07) is 5.76. The summed E-state index contributed by atoms with van der Waals surface area (Å²) in [7, 11) is 0. The maximum Gasteiger partial charge on any atom is 0.248 e. The first-order chi connectivity index (χ1) is 10.7. The average Bonchev–Trinajstić information content (AvgIpc) is 3.09. The molecule has 6 nitrogen and oxygen atoms in total. The lowest BCUT2D eigenvalue weighted by atomic mass is 9.87. The Morgan fingerprint density at radius 1 is 1.36 bits per heavy atom. The van der Waals surface area contributed by atoms with Gasteiger partial charge in [0.05, 0.1) is 12.2 Å². The van der Waals surface area contributed by atoms with Gasteiger partial charge in [-0.3, -0.25) is 14.5 Å². The van der Waals surface area contributed by atoms with Crippen LogP contribution in [0.1, 0.15) is 24.1 Å². The minimum Gasteiger partial charge on any atom is -0.348 e. The molecule has 2 aromatic heterocycles. The van der Waals surface area contributed by atoms with E-state index in [1.165, 1.54) is 0 Å². The molecule has 0 atom stereocenters. The van der Waals surface area contributed by atoms with Crippen molar-refractivity contribution in [2.24, 2.45) is 0 Å². The number of pyridine rings is 1. The molecule has 1 aliphatic rings. The Labute approximate surface area is 129 Å². The summed E-state index contributed by atoms with van der Waals surface area (Å²) in [6.07, 6.45) is 6.82. The number of rotatable bonds is 4. The zero-order chi connectivity index (χ0) is 15.4. The van der Waals surface area contributed by atoms with E-state index >= 15 is 0 Å². The highest BCUT2D eigenvalue weighted by Crippen LogP contribution is 2.27. The molecule has 2 N–H and O–H groups in total. The normalized spacial score (nSPS) is 17.1. The maximum atomic E-state index is 12.9. The molecule has 6 heteroatoms. The third kappa shape index (κ3) is 2.74. The van der Waals surface area contributed by atoms with Gasteiger partial charge in [0, 0.05) is 18.6 Å². The number of nitrogens with one attached hydrogen (secondary N) is 2. The van der Waals surface area contributed by atoms with Gasteiger partial charge in [0.2, 0.25) is 5.91 Å². The Kier molecular flexibility index (Phi) is 4.20. The first kappa shape index (κ1) is 14.7. The van der Waals surface area contributed by atoms with Crippen molar-refractivity contribution in [2.45, 2.75) is 31.8 Å². The molecule has 1 amide bonds. The van der Waals surface area contributed by atoms with Crippen LogP contribution in [0.25, 0.3) is 0 Å². The van der Waals surface area contributed by atoms with Crippen LogP contribution in [0, 0.1) is 6.92 Å². The predicted octanol–water partition coefficient (Wildman–Crippen LogP) is 0.982. The van der Waals surface area contributed by atoms with Gasteiger partial charge in [0.1, 0.15) is 5.54 Å². The van der Waals surface area contributed by atoms with Crippen LogP contribution in [0.5, 0.6) is 0 Å². The number of carbonyl (C=O) groups is 1. The van der Waals surface area contributed by atoms with Gasteiger partial charge in [-0.1, -0.05) is 6.07 Å². The molecule has 0 aliphatic carbocycles. The summed E-state index contributed by atoms with van der Waals surface area (Å²) in [5.41, 5.74) is 1.39. The SMILES string of the molecule is Cc1cccnc1CNC(=O)C1(n2cccn2)CCNCC1. The summed E-state index contributed by atoms with van der Waals surface area (Å²) in [5, 5.41) is 10.7. The topological polar surface area (TPSA) is 71.8 Å². The van der Waals surface area contributed by atoms with E-state index < -0.39 is 5.54 Å². The monoisotopic (exact) mass is 299 g/mol. The number of aromatic nitrogens is 3. The summed E-state index contributed by atoms with van der Waals surface area (Å²) >= 11 is 0. The standard InChI is InChI=1S/C16H21N5O/c1-13-4-2-7-18-14(13)12-19-15(22)16(5-9-17-10-6-16)21-11-3-8-20-21/h2-4,7-8,11,17H,5-6,9-10,12H2,1H3,(H,19,22). The van der Waals surface area contributed by atoms with Gasteiger partial charge in [-0.15, -0.1) is 0 Å². The van der Waals surface area contributed by atoms with Crippen LogP contribution < -0.4 is 10.6 Å². The van der Waals surface area contributed by atoms with Gasteiger partial charge >= 0.3 is 0 Å². The number of aryl methyl sites for hydroxylation is 1. The third-order valence-electron chi connectivity index (χ3n) is 4.33. The first-order valence-corrected chi connectivity index (χ1v) is 7.62. The van der Waals surface area contributed by atoms with Crippen molar-refractivity contribution >= 4 is 5.91 Å². The number of nitrogens with zero attached hydrogens (tertiary/aromatic N) is 3. The van der Waals surface area contributed by atoms with Crippen LogP contribution in [-0.4, -0.2) is 33.8 Å². The van der Waals surface area contributed by atoms with Crippen molar-refractivity contribution in [2.75, 3.05) is 13.1 Å². The molecule has 0 radical (unpaired) electrons. The lowest BCUT2D eigenvalue weighted by Crippen LogP contribution is -2.54. The average molecular weight is 299 g/mol. The van der Waals surface area contributed by atoms with E-state index in [-0.39, 0.29) is 5.91 Å². The number of hydrogen-bond acceptors (Lipinski definition) is 4. The van der Waals surface area contributed by atoms with Crippen molar-refractivity contribution in [1.82, 2.24) is 25.4 Å². The van der Waals surface area contributed by atoms with E-state index in [2.05, 4.69) is 20.7 Å². The molecule has 22 heavy (non-hydrogen) atoms. The van der Waals surface area contributed by atoms with E-state index in [1.54, 1.807) is 17.1 Å². The second kappa shape index (κ2) is 6.27.